The Morgan fingerprint density at radius 1 is 1.37 bits per heavy atom. The van der Waals surface area contributed by atoms with E-state index in [0.29, 0.717) is 26.2 Å². The van der Waals surface area contributed by atoms with Crippen molar-refractivity contribution >= 4 is 5.78 Å². The van der Waals surface area contributed by atoms with E-state index >= 15 is 0 Å². The average molecular weight is 263 g/mol. The Morgan fingerprint density at radius 3 is 2.95 bits per heavy atom. The Kier molecular flexibility index (Phi) is 3.23. The Bertz CT molecular complexity index is 484. The van der Waals surface area contributed by atoms with Crippen LogP contribution in [0.1, 0.15) is 36.3 Å². The highest BCUT2D eigenvalue weighted by Crippen LogP contribution is 2.35. The third kappa shape index (κ3) is 2.60. The smallest absolute Gasteiger partial charge is 0.165 e. The Balaban J connectivity index is 1.82. The number of carbonyl (C=O) groups is 1. The minimum Gasteiger partial charge on any atom is -0.376 e. The van der Waals surface area contributed by atoms with Crippen LogP contribution in [0.25, 0.3) is 0 Å². The van der Waals surface area contributed by atoms with Crippen LogP contribution in [0.5, 0.6) is 0 Å². The van der Waals surface area contributed by atoms with Gasteiger partial charge in [-0.2, -0.15) is 0 Å². The molecule has 1 unspecified atom stereocenters. The molecule has 1 aliphatic carbocycles. The summed E-state index contributed by atoms with van der Waals surface area (Å²) in [7, 11) is 0. The molecule has 4 nitrogen and oxygen atoms in total. The van der Waals surface area contributed by atoms with Gasteiger partial charge < -0.3 is 14.0 Å². The van der Waals surface area contributed by atoms with Crippen LogP contribution in [0.4, 0.5) is 0 Å². The Hall–Kier alpha value is -1.13. The summed E-state index contributed by atoms with van der Waals surface area (Å²) >= 11 is 0. The summed E-state index contributed by atoms with van der Waals surface area (Å²) in [5.74, 6) is 0.269. The zero-order chi connectivity index (χ0) is 13.5. The zero-order valence-electron chi connectivity index (χ0n) is 11.6. The lowest BCUT2D eigenvalue weighted by molar-refractivity contribution is -0.0938. The van der Waals surface area contributed by atoms with E-state index in [1.807, 2.05) is 12.3 Å². The first-order chi connectivity index (χ1) is 9.05. The lowest BCUT2D eigenvalue weighted by atomic mass is 9.76. The maximum atomic E-state index is 12.1. The van der Waals surface area contributed by atoms with E-state index in [1.165, 1.54) is 0 Å². The Labute approximate surface area is 113 Å². The van der Waals surface area contributed by atoms with Crippen molar-refractivity contribution in [3.63, 3.8) is 0 Å². The number of fused-ring (bicyclic) bond motifs is 1. The van der Waals surface area contributed by atoms with Crippen molar-refractivity contribution in [1.82, 2.24) is 4.57 Å². The van der Waals surface area contributed by atoms with Gasteiger partial charge in [0.1, 0.15) is 0 Å². The van der Waals surface area contributed by atoms with Crippen molar-refractivity contribution < 1.29 is 14.3 Å². The fourth-order valence-corrected chi connectivity index (χ4v) is 3.03. The molecule has 4 heteroatoms. The summed E-state index contributed by atoms with van der Waals surface area (Å²) in [4.78, 5) is 12.1. The van der Waals surface area contributed by atoms with E-state index in [2.05, 4.69) is 18.4 Å². The van der Waals surface area contributed by atoms with Gasteiger partial charge in [0.25, 0.3) is 0 Å². The summed E-state index contributed by atoms with van der Waals surface area (Å²) in [5.41, 5.74) is 2.12. The van der Waals surface area contributed by atoms with E-state index in [4.69, 9.17) is 9.47 Å². The van der Waals surface area contributed by atoms with Crippen LogP contribution in [0, 0.1) is 5.41 Å². The molecule has 1 atom stereocenters. The van der Waals surface area contributed by atoms with E-state index in [1.54, 1.807) is 0 Å². The fraction of sp³-hybridized carbons (Fsp3) is 0.667. The fourth-order valence-electron chi connectivity index (χ4n) is 3.03. The molecule has 0 saturated carbocycles. The third-order valence-electron chi connectivity index (χ3n) is 3.95. The summed E-state index contributed by atoms with van der Waals surface area (Å²) in [6.45, 7) is 7.09. The molecule has 1 aromatic rings. The largest absolute Gasteiger partial charge is 0.376 e. The zero-order valence-corrected chi connectivity index (χ0v) is 11.6. The van der Waals surface area contributed by atoms with Crippen molar-refractivity contribution in [2.45, 2.75) is 39.3 Å². The normalized spacial score (nSPS) is 26.2. The molecule has 104 valence electrons. The maximum Gasteiger partial charge on any atom is 0.165 e. The number of ketones is 1. The highest BCUT2D eigenvalue weighted by atomic mass is 16.6. The van der Waals surface area contributed by atoms with Gasteiger partial charge in [-0.3, -0.25) is 4.79 Å². The average Bonchev–Trinajstić information content (AvgIpc) is 2.72. The molecule has 1 aromatic heterocycles. The van der Waals surface area contributed by atoms with Crippen molar-refractivity contribution in [2.75, 3.05) is 19.8 Å². The van der Waals surface area contributed by atoms with E-state index in [-0.39, 0.29) is 17.3 Å². The molecular weight excluding hydrogens is 242 g/mol. The number of hydrogen-bond donors (Lipinski definition) is 0. The molecule has 0 bridgehead atoms. The van der Waals surface area contributed by atoms with Gasteiger partial charge in [-0.1, -0.05) is 13.8 Å². The first kappa shape index (κ1) is 12.9. The standard InChI is InChI=1S/C15H21NO3/c1-15(2)7-13-12(14(17)8-15)3-4-16(13)9-11-10-18-5-6-19-11/h3-4,11H,5-10H2,1-2H3. The highest BCUT2D eigenvalue weighted by molar-refractivity contribution is 5.98. The number of ether oxygens (including phenoxy) is 2. The first-order valence-electron chi connectivity index (χ1n) is 6.96. The molecule has 19 heavy (non-hydrogen) atoms. The number of Topliss-reactive ketones (excluding diaryl/α,β-unsaturated/α-hetero) is 1. The highest BCUT2D eigenvalue weighted by Gasteiger charge is 2.33. The van der Waals surface area contributed by atoms with E-state index < -0.39 is 0 Å². The van der Waals surface area contributed by atoms with Crippen LogP contribution in [0.3, 0.4) is 0 Å². The van der Waals surface area contributed by atoms with Gasteiger partial charge in [0.2, 0.25) is 0 Å². The summed E-state index contributed by atoms with van der Waals surface area (Å²) < 4.78 is 13.3. The van der Waals surface area contributed by atoms with Gasteiger partial charge in [0.15, 0.2) is 5.78 Å². The second-order valence-corrected chi connectivity index (χ2v) is 6.34. The van der Waals surface area contributed by atoms with Gasteiger partial charge in [-0.15, -0.1) is 0 Å². The summed E-state index contributed by atoms with van der Waals surface area (Å²) in [5, 5.41) is 0. The Morgan fingerprint density at radius 2 is 2.21 bits per heavy atom. The third-order valence-corrected chi connectivity index (χ3v) is 3.95. The molecular formula is C15H21NO3. The molecule has 1 fully saturated rings. The van der Waals surface area contributed by atoms with Gasteiger partial charge in [-0.05, 0) is 17.9 Å². The van der Waals surface area contributed by atoms with E-state index in [9.17, 15) is 4.79 Å². The topological polar surface area (TPSA) is 40.5 Å². The predicted molar refractivity (Wildman–Crippen MR) is 71.4 cm³/mol. The second kappa shape index (κ2) is 4.76. The maximum absolute atomic E-state index is 12.1. The number of aromatic nitrogens is 1. The molecule has 1 saturated heterocycles. The van der Waals surface area contributed by atoms with Gasteiger partial charge in [0, 0.05) is 23.9 Å². The molecule has 2 heterocycles. The van der Waals surface area contributed by atoms with Crippen molar-refractivity contribution in [1.29, 1.82) is 0 Å². The lowest BCUT2D eigenvalue weighted by Crippen LogP contribution is -2.34. The van der Waals surface area contributed by atoms with Crippen LogP contribution in [-0.2, 0) is 22.4 Å². The monoisotopic (exact) mass is 263 g/mol. The second-order valence-electron chi connectivity index (χ2n) is 6.34. The molecule has 0 N–H and O–H groups in total. The number of rotatable bonds is 2. The first-order valence-corrected chi connectivity index (χ1v) is 6.96. The van der Waals surface area contributed by atoms with Gasteiger partial charge in [-0.25, -0.2) is 0 Å². The van der Waals surface area contributed by atoms with Crippen molar-refractivity contribution in [2.24, 2.45) is 5.41 Å². The minimum absolute atomic E-state index is 0.0596. The molecule has 0 aromatic carbocycles. The molecule has 1 aliphatic heterocycles. The predicted octanol–water partition coefficient (Wildman–Crippen LogP) is 2.06. The quantitative estimate of drug-likeness (QED) is 0.820. The SMILES string of the molecule is CC1(C)CC(=O)c2ccn(CC3COCCO3)c2C1. The van der Waals surface area contributed by atoms with Crippen LogP contribution in [0.15, 0.2) is 12.3 Å². The van der Waals surface area contributed by atoms with Gasteiger partial charge in [0.05, 0.1) is 32.5 Å². The molecule has 0 spiro atoms. The molecule has 3 rings (SSSR count). The van der Waals surface area contributed by atoms with Crippen LogP contribution >= 0.6 is 0 Å². The molecule has 2 aliphatic rings. The summed E-state index contributed by atoms with van der Waals surface area (Å²) in [6, 6.07) is 1.95. The molecule has 0 radical (unpaired) electrons. The molecule has 0 amide bonds. The van der Waals surface area contributed by atoms with E-state index in [0.717, 1.165) is 24.2 Å². The minimum atomic E-state index is 0.0596. The lowest BCUT2D eigenvalue weighted by Gasteiger charge is -2.31. The van der Waals surface area contributed by atoms with Gasteiger partial charge >= 0.3 is 0 Å². The number of hydrogen-bond acceptors (Lipinski definition) is 3. The van der Waals surface area contributed by atoms with Crippen LogP contribution in [-0.4, -0.2) is 36.3 Å². The number of nitrogens with zero attached hydrogens (tertiary/aromatic N) is 1. The van der Waals surface area contributed by atoms with Crippen molar-refractivity contribution in [3.05, 3.63) is 23.5 Å². The van der Waals surface area contributed by atoms with Crippen LogP contribution in [0.2, 0.25) is 0 Å². The van der Waals surface area contributed by atoms with Crippen LogP contribution < -0.4 is 0 Å². The van der Waals surface area contributed by atoms with Crippen molar-refractivity contribution in [3.8, 4) is 0 Å². The summed E-state index contributed by atoms with van der Waals surface area (Å²) in [6.07, 6.45) is 3.72. The number of carbonyl (C=O) groups excluding carboxylic acids is 1.